The fourth-order valence-electron chi connectivity index (χ4n) is 2.52. The predicted molar refractivity (Wildman–Crippen MR) is 90.6 cm³/mol. The van der Waals surface area contributed by atoms with Crippen molar-refractivity contribution in [1.29, 1.82) is 0 Å². The maximum absolute atomic E-state index is 12.8. The number of nitrogens with zero attached hydrogens (tertiary/aromatic N) is 2. The Kier molecular flexibility index (Phi) is 3.96. The Hall–Kier alpha value is -2.18. The minimum atomic E-state index is -1.27. The summed E-state index contributed by atoms with van der Waals surface area (Å²) >= 11 is 0. The maximum atomic E-state index is 12.8. The molecule has 1 unspecified atom stereocenters. The van der Waals surface area contributed by atoms with E-state index in [2.05, 4.69) is 0 Å². The first-order valence-corrected chi connectivity index (χ1v) is 8.28. The smallest absolute Gasteiger partial charge is 0.331 e. The van der Waals surface area contributed by atoms with E-state index in [9.17, 15) is 14.1 Å². The summed E-state index contributed by atoms with van der Waals surface area (Å²) in [5.41, 5.74) is 0.341. The van der Waals surface area contributed by atoms with Crippen molar-refractivity contribution >= 4 is 22.3 Å². The summed E-state index contributed by atoms with van der Waals surface area (Å²) in [6, 6.07) is 9.15. The van der Waals surface area contributed by atoms with Crippen LogP contribution >= 0.6 is 10.8 Å². The van der Waals surface area contributed by atoms with Crippen molar-refractivity contribution in [3.05, 3.63) is 57.2 Å². The summed E-state index contributed by atoms with van der Waals surface area (Å²) in [5, 5.41) is 1.95. The molecule has 0 fully saturated rings. The van der Waals surface area contributed by atoms with E-state index >= 15 is 0 Å². The Morgan fingerprint density at radius 2 is 1.91 bits per heavy atom. The Morgan fingerprint density at radius 3 is 2.59 bits per heavy atom. The molecule has 0 saturated carbocycles. The van der Waals surface area contributed by atoms with E-state index in [1.807, 2.05) is 37.3 Å². The highest BCUT2D eigenvalue weighted by atomic mass is 32.2. The number of benzene rings is 1. The topological polar surface area (TPSA) is 64.2 Å². The average Bonchev–Trinajstić information content (AvgIpc) is 2.53. The van der Waals surface area contributed by atoms with Gasteiger partial charge in [-0.1, -0.05) is 37.3 Å². The molecule has 1 atom stereocenters. The van der Waals surface area contributed by atoms with Crippen molar-refractivity contribution in [3.8, 4) is 11.1 Å². The van der Waals surface area contributed by atoms with E-state index in [0.717, 1.165) is 0 Å². The highest BCUT2D eigenvalue weighted by Crippen LogP contribution is 2.31. The van der Waals surface area contributed by atoms with Gasteiger partial charge in [-0.2, -0.15) is 0 Å². The Morgan fingerprint density at radius 1 is 1.18 bits per heavy atom. The molecule has 0 bridgehead atoms. The van der Waals surface area contributed by atoms with Gasteiger partial charge in [0.1, 0.15) is 5.03 Å². The third kappa shape index (κ3) is 2.30. The Balaban J connectivity index is 2.46. The minimum absolute atomic E-state index is 0.348. The second-order valence-corrected chi connectivity index (χ2v) is 6.24. The molecule has 0 saturated heterocycles. The van der Waals surface area contributed by atoms with Crippen molar-refractivity contribution in [2.24, 2.45) is 0 Å². The van der Waals surface area contributed by atoms with Crippen LogP contribution in [0.4, 0.5) is 0 Å². The third-order valence-electron chi connectivity index (χ3n) is 3.48. The van der Waals surface area contributed by atoms with Crippen LogP contribution in [-0.2, 0) is 6.54 Å². The molecule has 1 aliphatic heterocycles. The highest BCUT2D eigenvalue weighted by molar-refractivity contribution is 8.10. The summed E-state index contributed by atoms with van der Waals surface area (Å²) in [6.07, 6.45) is 3.91. The Bertz CT molecular complexity index is 892. The molecule has 1 aliphatic rings. The van der Waals surface area contributed by atoms with Crippen LogP contribution in [-0.4, -0.2) is 19.1 Å². The van der Waals surface area contributed by atoms with Gasteiger partial charge >= 0.3 is 5.69 Å². The molecule has 3 rings (SSSR count). The summed E-state index contributed by atoms with van der Waals surface area (Å²) < 4.78 is 12.9. The van der Waals surface area contributed by atoms with E-state index < -0.39 is 16.5 Å². The first kappa shape index (κ1) is 14.7. The van der Waals surface area contributed by atoms with Crippen LogP contribution < -0.4 is 11.2 Å². The van der Waals surface area contributed by atoms with E-state index in [1.54, 1.807) is 17.6 Å². The highest BCUT2D eigenvalue weighted by Gasteiger charge is 2.22. The summed E-state index contributed by atoms with van der Waals surface area (Å²) in [7, 11) is -1.27. The van der Waals surface area contributed by atoms with Crippen molar-refractivity contribution in [2.45, 2.75) is 24.9 Å². The number of aromatic nitrogens is 2. The maximum Gasteiger partial charge on any atom is 0.336 e. The molecule has 2 heterocycles. The molecule has 1 aromatic heterocycles. The van der Waals surface area contributed by atoms with Gasteiger partial charge in [-0.3, -0.25) is 13.9 Å². The van der Waals surface area contributed by atoms with Crippen LogP contribution in [0, 0.1) is 0 Å². The summed E-state index contributed by atoms with van der Waals surface area (Å²) in [6.45, 7) is 2.27. The molecule has 1 N–H and O–H groups in total. The number of hydrogen-bond acceptors (Lipinski definition) is 3. The molecule has 0 aliphatic carbocycles. The van der Waals surface area contributed by atoms with Gasteiger partial charge in [-0.25, -0.2) is 4.79 Å². The Labute approximate surface area is 129 Å². The lowest BCUT2D eigenvalue weighted by Crippen LogP contribution is -2.40. The van der Waals surface area contributed by atoms with Gasteiger partial charge in [-0.15, -0.1) is 0 Å². The van der Waals surface area contributed by atoms with Crippen LogP contribution in [0.2, 0.25) is 0 Å². The molecule has 114 valence electrons. The lowest BCUT2D eigenvalue weighted by Gasteiger charge is -2.19. The summed E-state index contributed by atoms with van der Waals surface area (Å²) in [4.78, 5) is 25.3. The zero-order valence-corrected chi connectivity index (χ0v) is 12.9. The summed E-state index contributed by atoms with van der Waals surface area (Å²) in [5.74, 6) is 0. The minimum Gasteiger partial charge on any atom is -0.331 e. The number of hydrogen-bond donors (Lipinski definition) is 1. The monoisotopic (exact) mass is 316 g/mol. The fourth-order valence-corrected chi connectivity index (χ4v) is 3.62. The number of rotatable bonds is 3. The third-order valence-corrected chi connectivity index (χ3v) is 4.69. The van der Waals surface area contributed by atoms with Crippen molar-refractivity contribution in [1.82, 2.24) is 9.13 Å². The molecule has 1 aromatic carbocycles. The van der Waals surface area contributed by atoms with Crippen LogP contribution in [0.15, 0.2) is 51.0 Å². The van der Waals surface area contributed by atoms with E-state index in [-0.39, 0.29) is 5.56 Å². The first-order valence-electron chi connectivity index (χ1n) is 7.03. The second-order valence-electron chi connectivity index (χ2n) is 4.95. The lowest BCUT2D eigenvalue weighted by molar-refractivity contribution is 0.582. The number of fused-ring (bicyclic) bond motifs is 1. The standard InChI is InChI=1S/C16H16N2O3S/c1-2-9-17-14(19)13(12-7-4-3-5-8-12)15-18(16(17)20)10-6-11-22(15)21/h3-8,10-11,21H,2,9H2,1H3. The van der Waals surface area contributed by atoms with Gasteiger partial charge in [-0.05, 0) is 34.2 Å². The molecule has 0 amide bonds. The van der Waals surface area contributed by atoms with Gasteiger partial charge in [0, 0.05) is 12.7 Å². The van der Waals surface area contributed by atoms with Gasteiger partial charge in [0.05, 0.1) is 5.56 Å². The average molecular weight is 316 g/mol. The molecule has 6 heteroatoms. The SMILES string of the molecule is CCCn1c(=O)c(-c2ccccc2)c2n(c1=O)C=CC=S2O. The zero-order chi connectivity index (χ0) is 15.7. The molecule has 2 aromatic rings. The van der Waals surface area contributed by atoms with Crippen LogP contribution in [0.3, 0.4) is 0 Å². The van der Waals surface area contributed by atoms with E-state index in [0.29, 0.717) is 29.1 Å². The van der Waals surface area contributed by atoms with Crippen molar-refractivity contribution < 1.29 is 4.55 Å². The van der Waals surface area contributed by atoms with Gasteiger partial charge < -0.3 is 4.55 Å². The zero-order valence-electron chi connectivity index (χ0n) is 12.1. The lowest BCUT2D eigenvalue weighted by atomic mass is 10.1. The predicted octanol–water partition coefficient (Wildman–Crippen LogP) is 2.47. The van der Waals surface area contributed by atoms with Gasteiger partial charge in [0.25, 0.3) is 5.56 Å². The first-order chi connectivity index (χ1) is 10.6. The molecule has 22 heavy (non-hydrogen) atoms. The second kappa shape index (κ2) is 5.90. The fraction of sp³-hybridized carbons (Fsp3) is 0.188. The quantitative estimate of drug-likeness (QED) is 0.699. The largest absolute Gasteiger partial charge is 0.336 e. The molecule has 5 nitrogen and oxygen atoms in total. The van der Waals surface area contributed by atoms with Gasteiger partial charge in [0.2, 0.25) is 0 Å². The molecular formula is C16H16N2O3S. The normalized spacial score (nSPS) is 16.2. The molecule has 0 radical (unpaired) electrons. The van der Waals surface area contributed by atoms with Gasteiger partial charge in [0.15, 0.2) is 0 Å². The van der Waals surface area contributed by atoms with Crippen molar-refractivity contribution in [3.63, 3.8) is 0 Å². The van der Waals surface area contributed by atoms with Crippen molar-refractivity contribution in [2.75, 3.05) is 0 Å². The number of allylic oxidation sites excluding steroid dienone is 1. The molecule has 0 spiro atoms. The molecular weight excluding hydrogens is 300 g/mol. The van der Waals surface area contributed by atoms with E-state index in [4.69, 9.17) is 0 Å². The van der Waals surface area contributed by atoms with Crippen LogP contribution in [0.5, 0.6) is 0 Å². The van der Waals surface area contributed by atoms with E-state index in [1.165, 1.54) is 9.13 Å². The van der Waals surface area contributed by atoms with Crippen LogP contribution in [0.25, 0.3) is 17.3 Å². The van der Waals surface area contributed by atoms with Crippen LogP contribution in [0.1, 0.15) is 13.3 Å².